The minimum atomic E-state index is -0.271. The van der Waals surface area contributed by atoms with Crippen molar-refractivity contribution in [1.29, 1.82) is 0 Å². The summed E-state index contributed by atoms with van der Waals surface area (Å²) < 4.78 is 5.23. The van der Waals surface area contributed by atoms with Crippen LogP contribution in [0.25, 0.3) is 0 Å². The minimum Gasteiger partial charge on any atom is -0.496 e. The number of amides is 1. The normalized spacial score (nSPS) is 16.0. The molecule has 1 aromatic heterocycles. The number of ether oxygens (including phenoxy) is 1. The Hall–Kier alpha value is -1.63. The maximum atomic E-state index is 12.5. The van der Waals surface area contributed by atoms with Crippen LogP contribution >= 0.6 is 22.9 Å². The van der Waals surface area contributed by atoms with Gasteiger partial charge in [0.2, 0.25) is 0 Å². The molecule has 1 aliphatic rings. The van der Waals surface area contributed by atoms with Crippen molar-refractivity contribution < 1.29 is 9.53 Å². The molecule has 7 heteroatoms. The van der Waals surface area contributed by atoms with Crippen molar-refractivity contribution in [2.45, 2.75) is 26.3 Å². The van der Waals surface area contributed by atoms with E-state index in [2.05, 4.69) is 22.1 Å². The topological polar surface area (TPSA) is 54.5 Å². The van der Waals surface area contributed by atoms with Crippen LogP contribution in [0.5, 0.6) is 5.75 Å². The van der Waals surface area contributed by atoms with E-state index in [0.29, 0.717) is 21.5 Å². The predicted octanol–water partition coefficient (Wildman–Crippen LogP) is 4.29. The molecule has 0 unspecified atom stereocenters. The molecule has 1 aromatic carbocycles. The third kappa shape index (κ3) is 4.71. The number of thiazole rings is 1. The molecule has 0 aliphatic carbocycles. The maximum absolute atomic E-state index is 12.5. The van der Waals surface area contributed by atoms with E-state index in [1.165, 1.54) is 31.3 Å². The van der Waals surface area contributed by atoms with Crippen LogP contribution in [-0.2, 0) is 6.54 Å². The van der Waals surface area contributed by atoms with E-state index in [1.54, 1.807) is 18.2 Å². The number of benzene rings is 1. The lowest BCUT2D eigenvalue weighted by Gasteiger charge is -2.29. The molecule has 3 rings (SSSR count). The predicted molar refractivity (Wildman–Crippen MR) is 102 cm³/mol. The second-order valence-electron chi connectivity index (χ2n) is 6.40. The summed E-state index contributed by atoms with van der Waals surface area (Å²) in [7, 11) is 1.53. The summed E-state index contributed by atoms with van der Waals surface area (Å²) in [6, 6.07) is 4.97. The Balaban J connectivity index is 1.63. The van der Waals surface area contributed by atoms with Crippen molar-refractivity contribution in [2.24, 2.45) is 5.92 Å². The number of likely N-dealkylation sites (tertiary alicyclic amines) is 1. The van der Waals surface area contributed by atoms with Crippen molar-refractivity contribution in [2.75, 3.05) is 25.5 Å². The van der Waals surface area contributed by atoms with E-state index in [4.69, 9.17) is 16.3 Å². The number of halogens is 1. The molecule has 1 saturated heterocycles. The lowest BCUT2D eigenvalue weighted by molar-refractivity contribution is 0.102. The Labute approximate surface area is 157 Å². The summed E-state index contributed by atoms with van der Waals surface area (Å²) in [5.41, 5.74) is 1.39. The standard InChI is InChI=1S/C18H22ClN3O2S/c1-12-5-7-22(8-6-12)10-14-11-25-18(20-14)21-17(23)15-9-13(19)3-4-16(15)24-2/h3-4,9,11-12H,5-8,10H2,1-2H3,(H,20,21,23). The van der Waals surface area contributed by atoms with Crippen LogP contribution in [0.15, 0.2) is 23.6 Å². The van der Waals surface area contributed by atoms with Gasteiger partial charge in [-0.05, 0) is 50.0 Å². The van der Waals surface area contributed by atoms with Crippen LogP contribution < -0.4 is 10.1 Å². The molecule has 0 spiro atoms. The monoisotopic (exact) mass is 379 g/mol. The zero-order valence-corrected chi connectivity index (χ0v) is 16.0. The van der Waals surface area contributed by atoms with E-state index < -0.39 is 0 Å². The largest absolute Gasteiger partial charge is 0.496 e. The van der Waals surface area contributed by atoms with Gasteiger partial charge in [0.25, 0.3) is 5.91 Å². The third-order valence-corrected chi connectivity index (χ3v) is 5.48. The number of nitrogens with one attached hydrogen (secondary N) is 1. The number of aromatic nitrogens is 1. The van der Waals surface area contributed by atoms with E-state index in [-0.39, 0.29) is 5.91 Å². The SMILES string of the molecule is COc1ccc(Cl)cc1C(=O)Nc1nc(CN2CCC(C)CC2)cs1. The number of methoxy groups -OCH3 is 1. The molecule has 1 N–H and O–H groups in total. The fraction of sp³-hybridized carbons (Fsp3) is 0.444. The Bertz CT molecular complexity index is 742. The fourth-order valence-electron chi connectivity index (χ4n) is 2.91. The molecule has 2 aromatic rings. The average Bonchev–Trinajstić information content (AvgIpc) is 3.03. The van der Waals surface area contributed by atoms with Gasteiger partial charge in [-0.15, -0.1) is 11.3 Å². The van der Waals surface area contributed by atoms with Gasteiger partial charge < -0.3 is 4.74 Å². The third-order valence-electron chi connectivity index (χ3n) is 4.44. The fourth-order valence-corrected chi connectivity index (χ4v) is 3.78. The highest BCUT2D eigenvalue weighted by molar-refractivity contribution is 7.14. The number of nitrogens with zero attached hydrogens (tertiary/aromatic N) is 2. The Morgan fingerprint density at radius 1 is 1.44 bits per heavy atom. The number of carbonyl (C=O) groups is 1. The van der Waals surface area contributed by atoms with Crippen LogP contribution in [0, 0.1) is 5.92 Å². The lowest BCUT2D eigenvalue weighted by Crippen LogP contribution is -2.32. The number of rotatable bonds is 5. The first-order valence-corrected chi connectivity index (χ1v) is 9.62. The quantitative estimate of drug-likeness (QED) is 0.841. The second kappa shape index (κ2) is 8.17. The molecule has 1 amide bonds. The van der Waals surface area contributed by atoms with Crippen LogP contribution in [0.3, 0.4) is 0 Å². The highest BCUT2D eigenvalue weighted by Gasteiger charge is 2.18. The summed E-state index contributed by atoms with van der Waals surface area (Å²) in [6.45, 7) is 5.36. The molecule has 0 atom stereocenters. The summed E-state index contributed by atoms with van der Waals surface area (Å²) in [5.74, 6) is 1.03. The van der Waals surface area contributed by atoms with Crippen molar-refractivity contribution in [3.63, 3.8) is 0 Å². The maximum Gasteiger partial charge on any atom is 0.261 e. The number of anilines is 1. The van der Waals surface area contributed by atoms with Crippen molar-refractivity contribution in [3.8, 4) is 5.75 Å². The Morgan fingerprint density at radius 3 is 2.92 bits per heavy atom. The van der Waals surface area contributed by atoms with Gasteiger partial charge in [-0.25, -0.2) is 4.98 Å². The first kappa shape index (κ1) is 18.2. The molecular formula is C18H22ClN3O2S. The van der Waals surface area contributed by atoms with Crippen LogP contribution in [0.2, 0.25) is 5.02 Å². The van der Waals surface area contributed by atoms with Gasteiger partial charge in [-0.3, -0.25) is 15.0 Å². The molecule has 0 radical (unpaired) electrons. The zero-order valence-electron chi connectivity index (χ0n) is 14.4. The average molecular weight is 380 g/mol. The molecule has 25 heavy (non-hydrogen) atoms. The first-order valence-electron chi connectivity index (χ1n) is 8.37. The number of hydrogen-bond acceptors (Lipinski definition) is 5. The van der Waals surface area contributed by atoms with E-state index >= 15 is 0 Å². The summed E-state index contributed by atoms with van der Waals surface area (Å²) in [4.78, 5) is 19.4. The van der Waals surface area contributed by atoms with Gasteiger partial charge in [0.1, 0.15) is 5.75 Å². The molecule has 2 heterocycles. The van der Waals surface area contributed by atoms with Crippen molar-refractivity contribution in [1.82, 2.24) is 9.88 Å². The van der Waals surface area contributed by atoms with Crippen LogP contribution in [0.4, 0.5) is 5.13 Å². The highest BCUT2D eigenvalue weighted by Crippen LogP contribution is 2.25. The minimum absolute atomic E-state index is 0.271. The molecule has 0 saturated carbocycles. The van der Waals surface area contributed by atoms with Gasteiger partial charge in [-0.1, -0.05) is 18.5 Å². The lowest BCUT2D eigenvalue weighted by atomic mass is 9.99. The highest BCUT2D eigenvalue weighted by atomic mass is 35.5. The Morgan fingerprint density at radius 2 is 2.20 bits per heavy atom. The smallest absolute Gasteiger partial charge is 0.261 e. The van der Waals surface area contributed by atoms with Crippen molar-refractivity contribution in [3.05, 3.63) is 39.9 Å². The summed E-state index contributed by atoms with van der Waals surface area (Å²) in [5, 5.41) is 5.92. The zero-order chi connectivity index (χ0) is 17.8. The first-order chi connectivity index (χ1) is 12.0. The van der Waals surface area contributed by atoms with Gasteiger partial charge >= 0.3 is 0 Å². The number of carbonyl (C=O) groups excluding carboxylic acids is 1. The van der Waals surface area contributed by atoms with Gasteiger partial charge in [0.05, 0.1) is 18.4 Å². The van der Waals surface area contributed by atoms with Gasteiger partial charge in [0, 0.05) is 16.9 Å². The van der Waals surface area contributed by atoms with Gasteiger partial charge in [-0.2, -0.15) is 0 Å². The van der Waals surface area contributed by atoms with E-state index in [0.717, 1.165) is 31.2 Å². The molecule has 0 bridgehead atoms. The van der Waals surface area contributed by atoms with Crippen LogP contribution in [-0.4, -0.2) is 36.0 Å². The summed E-state index contributed by atoms with van der Waals surface area (Å²) in [6.07, 6.45) is 2.48. The van der Waals surface area contributed by atoms with Crippen molar-refractivity contribution >= 4 is 34.0 Å². The number of piperidine rings is 1. The molecular weight excluding hydrogens is 358 g/mol. The molecule has 1 fully saturated rings. The Kier molecular flexibility index (Phi) is 5.93. The molecule has 5 nitrogen and oxygen atoms in total. The molecule has 1 aliphatic heterocycles. The van der Waals surface area contributed by atoms with E-state index in [1.807, 2.05) is 5.38 Å². The van der Waals surface area contributed by atoms with Crippen LogP contribution in [0.1, 0.15) is 35.8 Å². The number of hydrogen-bond donors (Lipinski definition) is 1. The summed E-state index contributed by atoms with van der Waals surface area (Å²) >= 11 is 7.43. The second-order valence-corrected chi connectivity index (χ2v) is 7.70. The molecule has 134 valence electrons. The van der Waals surface area contributed by atoms with E-state index in [9.17, 15) is 4.79 Å². The van der Waals surface area contributed by atoms with Gasteiger partial charge in [0.15, 0.2) is 5.13 Å².